The van der Waals surface area contributed by atoms with Crippen molar-refractivity contribution in [1.82, 2.24) is 0 Å². The SMILES string of the molecule is Cc1ccsc1C12CC3CC(CC(C3)C1)C2. The van der Waals surface area contributed by atoms with E-state index in [-0.39, 0.29) is 0 Å². The second kappa shape index (κ2) is 3.13. The second-order valence-corrected chi connectivity index (χ2v) is 7.55. The Morgan fingerprint density at radius 2 is 1.62 bits per heavy atom. The van der Waals surface area contributed by atoms with Crippen LogP contribution in [0.4, 0.5) is 0 Å². The van der Waals surface area contributed by atoms with Crippen molar-refractivity contribution in [3.05, 3.63) is 21.9 Å². The molecule has 0 unspecified atom stereocenters. The van der Waals surface area contributed by atoms with Gasteiger partial charge >= 0.3 is 0 Å². The van der Waals surface area contributed by atoms with Gasteiger partial charge < -0.3 is 0 Å². The van der Waals surface area contributed by atoms with Gasteiger partial charge in [-0.2, -0.15) is 0 Å². The summed E-state index contributed by atoms with van der Waals surface area (Å²) in [6, 6.07) is 2.33. The smallest absolute Gasteiger partial charge is 0.0136 e. The monoisotopic (exact) mass is 232 g/mol. The predicted octanol–water partition coefficient (Wildman–Crippen LogP) is 4.52. The maximum absolute atomic E-state index is 2.33. The van der Waals surface area contributed by atoms with Crippen molar-refractivity contribution < 1.29 is 0 Å². The van der Waals surface area contributed by atoms with Crippen LogP contribution in [0.5, 0.6) is 0 Å². The van der Waals surface area contributed by atoms with Crippen LogP contribution in [0, 0.1) is 24.7 Å². The lowest BCUT2D eigenvalue weighted by Crippen LogP contribution is -2.48. The molecule has 0 saturated heterocycles. The fourth-order valence-corrected chi connectivity index (χ4v) is 6.47. The Bertz CT molecular complexity index is 380. The Balaban J connectivity index is 1.79. The summed E-state index contributed by atoms with van der Waals surface area (Å²) in [5.74, 6) is 3.23. The molecule has 0 atom stereocenters. The van der Waals surface area contributed by atoms with E-state index in [2.05, 4.69) is 18.4 Å². The molecule has 4 aliphatic carbocycles. The van der Waals surface area contributed by atoms with E-state index < -0.39 is 0 Å². The average molecular weight is 232 g/mol. The Morgan fingerprint density at radius 1 is 1.06 bits per heavy atom. The number of hydrogen-bond donors (Lipinski definition) is 0. The van der Waals surface area contributed by atoms with Gasteiger partial charge in [-0.1, -0.05) is 0 Å². The van der Waals surface area contributed by atoms with E-state index in [1.54, 1.807) is 29.7 Å². The number of thiophene rings is 1. The van der Waals surface area contributed by atoms with Crippen LogP contribution < -0.4 is 0 Å². The standard InChI is InChI=1S/C15H20S/c1-10-2-3-16-14(10)15-7-11-4-12(8-15)6-13(5-11)9-15/h2-3,11-13H,4-9H2,1H3. The highest BCUT2D eigenvalue weighted by atomic mass is 32.1. The molecule has 4 bridgehead atoms. The molecular weight excluding hydrogens is 212 g/mol. The average Bonchev–Trinajstić information content (AvgIpc) is 2.62. The third kappa shape index (κ3) is 1.21. The van der Waals surface area contributed by atoms with Crippen molar-refractivity contribution in [2.45, 2.75) is 50.9 Å². The van der Waals surface area contributed by atoms with E-state index in [1.807, 2.05) is 11.3 Å². The zero-order chi connectivity index (χ0) is 10.8. The zero-order valence-corrected chi connectivity index (χ0v) is 10.9. The van der Waals surface area contributed by atoms with Gasteiger partial charge in [-0.15, -0.1) is 11.3 Å². The summed E-state index contributed by atoms with van der Waals surface area (Å²) in [5.41, 5.74) is 2.21. The molecule has 1 heterocycles. The highest BCUT2D eigenvalue weighted by Crippen LogP contribution is 2.61. The van der Waals surface area contributed by atoms with Crippen LogP contribution in [0.2, 0.25) is 0 Å². The van der Waals surface area contributed by atoms with Gasteiger partial charge in [0.1, 0.15) is 0 Å². The summed E-state index contributed by atoms with van der Waals surface area (Å²) >= 11 is 2.04. The molecule has 86 valence electrons. The van der Waals surface area contributed by atoms with Gasteiger partial charge in [0.05, 0.1) is 0 Å². The van der Waals surface area contributed by atoms with Gasteiger partial charge in [-0.3, -0.25) is 0 Å². The van der Waals surface area contributed by atoms with E-state index in [0.29, 0.717) is 5.41 Å². The van der Waals surface area contributed by atoms with Gasteiger partial charge in [-0.05, 0) is 80.2 Å². The number of aryl methyl sites for hydroxylation is 1. The van der Waals surface area contributed by atoms with Crippen LogP contribution in [-0.4, -0.2) is 0 Å². The highest BCUT2D eigenvalue weighted by molar-refractivity contribution is 7.10. The molecule has 0 aromatic carbocycles. The van der Waals surface area contributed by atoms with Crippen molar-refractivity contribution in [1.29, 1.82) is 0 Å². The minimum absolute atomic E-state index is 0.632. The summed E-state index contributed by atoms with van der Waals surface area (Å²) < 4.78 is 0. The van der Waals surface area contributed by atoms with Crippen molar-refractivity contribution >= 4 is 11.3 Å². The lowest BCUT2D eigenvalue weighted by Gasteiger charge is -2.56. The molecule has 4 saturated carbocycles. The molecule has 16 heavy (non-hydrogen) atoms. The topological polar surface area (TPSA) is 0 Å². The predicted molar refractivity (Wildman–Crippen MR) is 68.9 cm³/mol. The summed E-state index contributed by atoms with van der Waals surface area (Å²) in [5, 5.41) is 2.31. The summed E-state index contributed by atoms with van der Waals surface area (Å²) in [4.78, 5) is 1.76. The first kappa shape index (κ1) is 9.70. The summed E-state index contributed by atoms with van der Waals surface area (Å²) in [6.45, 7) is 2.32. The molecule has 0 nitrogen and oxygen atoms in total. The minimum atomic E-state index is 0.632. The van der Waals surface area contributed by atoms with E-state index in [4.69, 9.17) is 0 Å². The molecule has 0 N–H and O–H groups in total. The summed E-state index contributed by atoms with van der Waals surface area (Å²) in [7, 11) is 0. The summed E-state index contributed by atoms with van der Waals surface area (Å²) in [6.07, 6.45) is 9.22. The van der Waals surface area contributed by atoms with Crippen LogP contribution in [0.3, 0.4) is 0 Å². The van der Waals surface area contributed by atoms with Crippen molar-refractivity contribution in [2.75, 3.05) is 0 Å². The first-order valence-corrected chi connectivity index (χ1v) is 7.68. The maximum atomic E-state index is 2.33. The first-order chi connectivity index (χ1) is 7.75. The maximum Gasteiger partial charge on any atom is 0.0136 e. The number of hydrogen-bond acceptors (Lipinski definition) is 1. The van der Waals surface area contributed by atoms with Gasteiger partial charge in [-0.25, -0.2) is 0 Å². The Morgan fingerprint density at radius 3 is 2.06 bits per heavy atom. The van der Waals surface area contributed by atoms with Crippen LogP contribution in [0.15, 0.2) is 11.4 Å². The lowest BCUT2D eigenvalue weighted by molar-refractivity contribution is -0.00371. The molecule has 1 aromatic heterocycles. The van der Waals surface area contributed by atoms with Gasteiger partial charge in [0.25, 0.3) is 0 Å². The quantitative estimate of drug-likeness (QED) is 0.667. The van der Waals surface area contributed by atoms with Gasteiger partial charge in [0, 0.05) is 10.3 Å². The van der Waals surface area contributed by atoms with Crippen LogP contribution in [0.1, 0.15) is 49.0 Å². The van der Waals surface area contributed by atoms with E-state index in [0.717, 1.165) is 17.8 Å². The molecule has 0 spiro atoms. The largest absolute Gasteiger partial charge is 0.148 e. The van der Waals surface area contributed by atoms with Gasteiger partial charge in [0.2, 0.25) is 0 Å². The molecule has 1 aromatic rings. The molecule has 0 radical (unpaired) electrons. The molecule has 0 amide bonds. The Kier molecular flexibility index (Phi) is 1.90. The fraction of sp³-hybridized carbons (Fsp3) is 0.733. The van der Waals surface area contributed by atoms with Crippen molar-refractivity contribution in [2.24, 2.45) is 17.8 Å². The van der Waals surface area contributed by atoms with E-state index in [9.17, 15) is 0 Å². The fourth-order valence-electron chi connectivity index (χ4n) is 5.30. The van der Waals surface area contributed by atoms with Crippen LogP contribution in [0.25, 0.3) is 0 Å². The van der Waals surface area contributed by atoms with Crippen molar-refractivity contribution in [3.8, 4) is 0 Å². The molecule has 4 aliphatic rings. The van der Waals surface area contributed by atoms with E-state index >= 15 is 0 Å². The second-order valence-electron chi connectivity index (χ2n) is 6.63. The Labute approximate surface area is 102 Å². The Hall–Kier alpha value is -0.300. The number of rotatable bonds is 1. The highest BCUT2D eigenvalue weighted by Gasteiger charge is 2.52. The van der Waals surface area contributed by atoms with Gasteiger partial charge in [0.15, 0.2) is 0 Å². The van der Waals surface area contributed by atoms with Crippen molar-refractivity contribution in [3.63, 3.8) is 0 Å². The van der Waals surface area contributed by atoms with Crippen LogP contribution in [-0.2, 0) is 5.41 Å². The molecule has 1 heteroatoms. The molecule has 5 rings (SSSR count). The minimum Gasteiger partial charge on any atom is -0.148 e. The first-order valence-electron chi connectivity index (χ1n) is 6.80. The zero-order valence-electron chi connectivity index (χ0n) is 10.0. The molecular formula is C15H20S. The van der Waals surface area contributed by atoms with Crippen LogP contribution >= 0.6 is 11.3 Å². The third-order valence-corrected chi connectivity index (χ3v) is 6.64. The molecule has 0 aliphatic heterocycles. The third-order valence-electron chi connectivity index (χ3n) is 5.38. The van der Waals surface area contributed by atoms with E-state index in [1.165, 1.54) is 19.3 Å². The molecule has 4 fully saturated rings. The lowest BCUT2D eigenvalue weighted by atomic mass is 9.49. The normalized spacial score (nSPS) is 45.2.